The predicted molar refractivity (Wildman–Crippen MR) is 148 cm³/mol. The minimum atomic E-state index is -0.869. The molecule has 4 aromatic rings. The third-order valence-electron chi connectivity index (χ3n) is 5.88. The number of aromatic nitrogens is 1. The molecular weight excluding hydrogens is 572 g/mol. The first-order chi connectivity index (χ1) is 18.3. The van der Waals surface area contributed by atoms with Crippen molar-refractivity contribution in [2.24, 2.45) is 0 Å². The summed E-state index contributed by atoms with van der Waals surface area (Å²) >= 11 is 4.41. The second-order valence-corrected chi connectivity index (χ2v) is 10.3. The van der Waals surface area contributed by atoms with Crippen molar-refractivity contribution in [2.75, 3.05) is 18.1 Å². The van der Waals surface area contributed by atoms with E-state index < -0.39 is 17.9 Å². The number of hydrogen-bond acceptors (Lipinski definition) is 8. The van der Waals surface area contributed by atoms with Gasteiger partial charge in [-0.1, -0.05) is 64.7 Å². The highest BCUT2D eigenvalue weighted by Crippen LogP contribution is 2.44. The maximum absolute atomic E-state index is 13.8. The molecule has 1 amide bonds. The highest BCUT2D eigenvalue weighted by molar-refractivity contribution is 9.10. The average molecular weight is 593 g/mol. The molecule has 1 atom stereocenters. The zero-order valence-corrected chi connectivity index (χ0v) is 22.6. The van der Waals surface area contributed by atoms with E-state index in [-0.39, 0.29) is 45.6 Å². The normalized spacial score (nSPS) is 14.4. The van der Waals surface area contributed by atoms with Gasteiger partial charge in [-0.3, -0.25) is 14.5 Å². The molecule has 0 saturated heterocycles. The maximum atomic E-state index is 13.8. The van der Waals surface area contributed by atoms with Gasteiger partial charge in [0.2, 0.25) is 5.76 Å². The fourth-order valence-electron chi connectivity index (χ4n) is 4.26. The molecule has 5 rings (SSSR count). The first-order valence-electron chi connectivity index (χ1n) is 11.5. The number of rotatable bonds is 8. The summed E-state index contributed by atoms with van der Waals surface area (Å²) in [6, 6.07) is 11.3. The molecule has 0 spiro atoms. The van der Waals surface area contributed by atoms with Crippen LogP contribution >= 0.6 is 27.3 Å². The van der Waals surface area contributed by atoms with Gasteiger partial charge in [-0.05, 0) is 42.8 Å². The Morgan fingerprint density at radius 3 is 2.74 bits per heavy atom. The summed E-state index contributed by atoms with van der Waals surface area (Å²) < 4.78 is 17.6. The predicted octanol–water partition coefficient (Wildman–Crippen LogP) is 5.98. The second kappa shape index (κ2) is 10.4. The summed E-state index contributed by atoms with van der Waals surface area (Å²) in [6.45, 7) is 9.22. The van der Waals surface area contributed by atoms with E-state index in [4.69, 9.17) is 13.9 Å². The zero-order valence-electron chi connectivity index (χ0n) is 20.2. The summed E-state index contributed by atoms with van der Waals surface area (Å²) in [5.74, 6) is -0.642. The molecule has 1 aliphatic heterocycles. The van der Waals surface area contributed by atoms with E-state index >= 15 is 0 Å². The van der Waals surface area contributed by atoms with Gasteiger partial charge in [0.15, 0.2) is 10.6 Å². The maximum Gasteiger partial charge on any atom is 0.350 e. The van der Waals surface area contributed by atoms with Crippen molar-refractivity contribution >= 4 is 55.2 Å². The van der Waals surface area contributed by atoms with E-state index in [9.17, 15) is 14.4 Å². The summed E-state index contributed by atoms with van der Waals surface area (Å²) in [5, 5.41) is 0.567. The molecule has 3 heterocycles. The Morgan fingerprint density at radius 1 is 1.18 bits per heavy atom. The Morgan fingerprint density at radius 2 is 1.97 bits per heavy atom. The molecule has 8 nitrogen and oxygen atoms in total. The lowest BCUT2D eigenvalue weighted by molar-refractivity contribution is 0.0554. The van der Waals surface area contributed by atoms with Crippen LogP contribution in [0.15, 0.2) is 81.5 Å². The van der Waals surface area contributed by atoms with Gasteiger partial charge in [0.1, 0.15) is 29.4 Å². The molecule has 0 N–H and O–H groups in total. The fraction of sp³-hybridized carbons (Fsp3) is 0.143. The largest absolute Gasteiger partial charge is 0.490 e. The van der Waals surface area contributed by atoms with Crippen molar-refractivity contribution in [3.63, 3.8) is 0 Å². The fourth-order valence-corrected chi connectivity index (χ4v) is 5.61. The summed E-state index contributed by atoms with van der Waals surface area (Å²) in [4.78, 5) is 46.4. The number of carbonyl (C=O) groups excluding carboxylic acids is 2. The number of aryl methyl sites for hydroxylation is 1. The third-order valence-corrected chi connectivity index (χ3v) is 7.51. The summed E-state index contributed by atoms with van der Waals surface area (Å²) in [5.41, 5.74) is 1.16. The van der Waals surface area contributed by atoms with Crippen LogP contribution in [0, 0.1) is 6.92 Å². The second-order valence-electron chi connectivity index (χ2n) is 8.36. The van der Waals surface area contributed by atoms with Gasteiger partial charge in [-0.2, -0.15) is 0 Å². The minimum Gasteiger partial charge on any atom is -0.490 e. The van der Waals surface area contributed by atoms with Gasteiger partial charge < -0.3 is 13.9 Å². The average Bonchev–Trinajstić information content (AvgIpc) is 3.44. The van der Waals surface area contributed by atoms with Crippen molar-refractivity contribution in [1.82, 2.24) is 4.98 Å². The highest BCUT2D eigenvalue weighted by Gasteiger charge is 2.45. The Balaban J connectivity index is 1.71. The molecule has 192 valence electrons. The van der Waals surface area contributed by atoms with Crippen LogP contribution in [0.25, 0.3) is 11.0 Å². The molecule has 2 aromatic heterocycles. The zero-order chi connectivity index (χ0) is 27.0. The number of amides is 1. The number of hydrogen-bond donors (Lipinski definition) is 0. The summed E-state index contributed by atoms with van der Waals surface area (Å²) in [6.07, 6.45) is 3.09. The molecule has 0 radical (unpaired) electrons. The first kappa shape index (κ1) is 25.6. The van der Waals surface area contributed by atoms with Gasteiger partial charge >= 0.3 is 5.97 Å². The van der Waals surface area contributed by atoms with Gasteiger partial charge in [0.05, 0.1) is 22.7 Å². The van der Waals surface area contributed by atoms with E-state index in [1.807, 2.05) is 0 Å². The number of halogens is 1. The van der Waals surface area contributed by atoms with Crippen molar-refractivity contribution < 1.29 is 23.5 Å². The number of anilines is 1. The van der Waals surface area contributed by atoms with Crippen molar-refractivity contribution in [3.05, 3.63) is 110 Å². The van der Waals surface area contributed by atoms with Crippen LogP contribution in [0.3, 0.4) is 0 Å². The number of carbonyl (C=O) groups is 2. The van der Waals surface area contributed by atoms with E-state index in [1.165, 1.54) is 11.0 Å². The lowest BCUT2D eigenvalue weighted by Crippen LogP contribution is -2.29. The van der Waals surface area contributed by atoms with E-state index in [0.717, 1.165) is 11.3 Å². The number of fused-ring (bicyclic) bond motifs is 2. The molecule has 2 aromatic carbocycles. The van der Waals surface area contributed by atoms with Crippen LogP contribution in [-0.4, -0.2) is 30.1 Å². The Labute approximate surface area is 229 Å². The topological polar surface area (TPSA) is 98.9 Å². The van der Waals surface area contributed by atoms with Crippen LogP contribution < -0.4 is 15.1 Å². The quantitative estimate of drug-likeness (QED) is 0.183. The summed E-state index contributed by atoms with van der Waals surface area (Å²) in [7, 11) is 0. The number of esters is 1. The standard InChI is InChI=1S/C28H21BrN2O6S/c1-4-11-35-18-8-6-7-16(13-18)22-21-23(32)19-14-17(29)9-10-20(19)37-24(21)26(33)31(22)28-30-15(3)25(38-28)27(34)36-12-5-2/h4-10,13-14,22H,1-2,11-12H2,3H3. The number of thiazole rings is 1. The smallest absolute Gasteiger partial charge is 0.350 e. The molecule has 38 heavy (non-hydrogen) atoms. The van der Waals surface area contributed by atoms with Crippen molar-refractivity contribution in [1.29, 1.82) is 0 Å². The first-order valence-corrected chi connectivity index (χ1v) is 13.1. The van der Waals surface area contributed by atoms with Gasteiger partial charge in [-0.25, -0.2) is 9.78 Å². The van der Waals surface area contributed by atoms with Crippen LogP contribution in [0.2, 0.25) is 0 Å². The van der Waals surface area contributed by atoms with Crippen molar-refractivity contribution in [3.8, 4) is 5.75 Å². The SMILES string of the molecule is C=CCOC(=O)c1sc(N2C(=O)c3oc4ccc(Br)cc4c(=O)c3C2c2cccc(OCC=C)c2)nc1C. The van der Waals surface area contributed by atoms with Crippen LogP contribution in [0.5, 0.6) is 5.75 Å². The van der Waals surface area contributed by atoms with E-state index in [1.54, 1.807) is 55.5 Å². The van der Waals surface area contributed by atoms with Gasteiger partial charge in [-0.15, -0.1) is 0 Å². The van der Waals surface area contributed by atoms with E-state index in [2.05, 4.69) is 34.1 Å². The van der Waals surface area contributed by atoms with E-state index in [0.29, 0.717) is 26.9 Å². The number of nitrogens with zero attached hydrogens (tertiary/aromatic N) is 2. The van der Waals surface area contributed by atoms with Gasteiger partial charge in [0, 0.05) is 4.47 Å². The van der Waals surface area contributed by atoms with Gasteiger partial charge in [0.25, 0.3) is 5.91 Å². The Kier molecular flexibility index (Phi) is 7.00. The van der Waals surface area contributed by atoms with Crippen LogP contribution in [-0.2, 0) is 4.74 Å². The molecular formula is C28H21BrN2O6S. The number of ether oxygens (including phenoxy) is 2. The highest BCUT2D eigenvalue weighted by atomic mass is 79.9. The molecule has 0 aliphatic carbocycles. The Hall–Kier alpha value is -4.02. The minimum absolute atomic E-state index is 0.0420. The molecule has 1 unspecified atom stereocenters. The lowest BCUT2D eigenvalue weighted by atomic mass is 9.98. The number of benzene rings is 2. The lowest BCUT2D eigenvalue weighted by Gasteiger charge is -2.23. The molecule has 10 heteroatoms. The van der Waals surface area contributed by atoms with Crippen molar-refractivity contribution in [2.45, 2.75) is 13.0 Å². The third kappa shape index (κ3) is 4.46. The molecule has 1 aliphatic rings. The van der Waals surface area contributed by atoms with Crippen LogP contribution in [0.4, 0.5) is 5.13 Å². The monoisotopic (exact) mass is 592 g/mol. The molecule has 0 bridgehead atoms. The molecule has 0 fully saturated rings. The molecule has 0 saturated carbocycles. The van der Waals surface area contributed by atoms with Crippen LogP contribution in [0.1, 0.15) is 43.1 Å². The Bertz CT molecular complexity index is 1670.